The van der Waals surface area contributed by atoms with Crippen molar-refractivity contribution in [3.63, 3.8) is 0 Å². The number of hydrogen-bond donors (Lipinski definition) is 3. The van der Waals surface area contributed by atoms with Crippen molar-refractivity contribution < 1.29 is 14.4 Å². The zero-order valence-electron chi connectivity index (χ0n) is 15.1. The number of benzene rings is 2. The van der Waals surface area contributed by atoms with E-state index in [1.165, 1.54) is 16.0 Å². The van der Waals surface area contributed by atoms with Crippen LogP contribution in [0.2, 0.25) is 0 Å². The molecule has 2 aromatic rings. The number of fused-ring (bicyclic) bond motifs is 1. The molecule has 146 valence electrons. The number of anilines is 1. The lowest BCUT2D eigenvalue weighted by atomic mass is 9.95. The van der Waals surface area contributed by atoms with Gasteiger partial charge in [0, 0.05) is 12.2 Å². The van der Waals surface area contributed by atoms with Crippen LogP contribution >= 0.6 is 12.4 Å². The van der Waals surface area contributed by atoms with Crippen molar-refractivity contribution in [1.82, 2.24) is 15.5 Å². The smallest absolute Gasteiger partial charge is 0.324 e. The van der Waals surface area contributed by atoms with Gasteiger partial charge in [0.1, 0.15) is 0 Å². The molecule has 1 unspecified atom stereocenters. The molecule has 0 spiro atoms. The lowest BCUT2D eigenvalue weighted by Crippen LogP contribution is -2.44. The minimum absolute atomic E-state index is 0. The summed E-state index contributed by atoms with van der Waals surface area (Å²) >= 11 is 0. The molecule has 1 saturated heterocycles. The van der Waals surface area contributed by atoms with Crippen LogP contribution in [0.4, 0.5) is 10.5 Å². The maximum Gasteiger partial charge on any atom is 0.324 e. The van der Waals surface area contributed by atoms with E-state index in [1.54, 1.807) is 18.2 Å². The number of halogens is 1. The van der Waals surface area contributed by atoms with Gasteiger partial charge in [-0.25, -0.2) is 4.79 Å². The Bertz CT molecular complexity index is 902. The number of imide groups is 1. The molecular weight excluding hydrogens is 380 g/mol. The second kappa shape index (κ2) is 8.41. The van der Waals surface area contributed by atoms with Gasteiger partial charge in [0.25, 0.3) is 0 Å². The first-order valence-electron chi connectivity index (χ1n) is 8.88. The summed E-state index contributed by atoms with van der Waals surface area (Å²) < 4.78 is 0. The molecule has 8 heteroatoms. The van der Waals surface area contributed by atoms with E-state index in [2.05, 4.69) is 28.1 Å². The van der Waals surface area contributed by atoms with Gasteiger partial charge in [-0.05, 0) is 35.2 Å². The van der Waals surface area contributed by atoms with E-state index in [0.29, 0.717) is 18.7 Å². The highest BCUT2D eigenvalue weighted by Gasteiger charge is 2.28. The highest BCUT2D eigenvalue weighted by molar-refractivity contribution is 6.02. The Morgan fingerprint density at radius 2 is 1.86 bits per heavy atom. The number of hydrogen-bond acceptors (Lipinski definition) is 4. The molecule has 0 aliphatic carbocycles. The Morgan fingerprint density at radius 3 is 2.61 bits per heavy atom. The first-order chi connectivity index (χ1) is 13.1. The van der Waals surface area contributed by atoms with Crippen molar-refractivity contribution in [2.24, 2.45) is 0 Å². The summed E-state index contributed by atoms with van der Waals surface area (Å²) in [5, 5.41) is 8.68. The Hall–Kier alpha value is -2.90. The van der Waals surface area contributed by atoms with E-state index in [-0.39, 0.29) is 49.4 Å². The van der Waals surface area contributed by atoms with Crippen molar-refractivity contribution in [1.29, 1.82) is 0 Å². The fourth-order valence-electron chi connectivity index (χ4n) is 3.41. The third-order valence-corrected chi connectivity index (χ3v) is 4.87. The molecular formula is C20H21ClN4O3. The summed E-state index contributed by atoms with van der Waals surface area (Å²) in [7, 11) is 0. The van der Waals surface area contributed by atoms with Crippen LogP contribution in [-0.4, -0.2) is 35.3 Å². The monoisotopic (exact) mass is 400 g/mol. The van der Waals surface area contributed by atoms with Crippen LogP contribution in [0.1, 0.15) is 16.7 Å². The quantitative estimate of drug-likeness (QED) is 0.683. The lowest BCUT2D eigenvalue weighted by molar-refractivity contribution is -0.125. The number of nitrogens with one attached hydrogen (secondary N) is 3. The number of amides is 4. The predicted molar refractivity (Wildman–Crippen MR) is 107 cm³/mol. The molecule has 1 atom stereocenters. The number of nitrogens with zero attached hydrogens (tertiary/aromatic N) is 1. The molecule has 0 saturated carbocycles. The van der Waals surface area contributed by atoms with Crippen molar-refractivity contribution >= 4 is 35.9 Å². The van der Waals surface area contributed by atoms with E-state index in [1.807, 2.05) is 18.2 Å². The van der Waals surface area contributed by atoms with Crippen molar-refractivity contribution in [2.45, 2.75) is 25.6 Å². The maximum absolute atomic E-state index is 12.6. The highest BCUT2D eigenvalue weighted by Crippen LogP contribution is 2.18. The molecule has 0 aromatic heterocycles. The van der Waals surface area contributed by atoms with Crippen LogP contribution in [0, 0.1) is 0 Å². The third kappa shape index (κ3) is 4.16. The van der Waals surface area contributed by atoms with Crippen molar-refractivity contribution in [3.05, 3.63) is 65.2 Å². The van der Waals surface area contributed by atoms with Crippen molar-refractivity contribution in [2.75, 3.05) is 11.9 Å². The molecule has 4 rings (SSSR count). The molecule has 2 heterocycles. The van der Waals surface area contributed by atoms with Gasteiger partial charge in [0.05, 0.1) is 19.1 Å². The van der Waals surface area contributed by atoms with E-state index < -0.39 is 0 Å². The van der Waals surface area contributed by atoms with Gasteiger partial charge in [-0.15, -0.1) is 12.4 Å². The molecule has 2 aliphatic heterocycles. The van der Waals surface area contributed by atoms with Crippen LogP contribution in [0.3, 0.4) is 0 Å². The Kier molecular flexibility index (Phi) is 5.96. The summed E-state index contributed by atoms with van der Waals surface area (Å²) in [6.07, 6.45) is 0.643. The van der Waals surface area contributed by atoms with Gasteiger partial charge in [-0.1, -0.05) is 36.4 Å². The number of urea groups is 1. The number of carbonyl (C=O) groups is 3. The first-order valence-corrected chi connectivity index (χ1v) is 8.88. The van der Waals surface area contributed by atoms with E-state index >= 15 is 0 Å². The molecule has 0 bridgehead atoms. The van der Waals surface area contributed by atoms with Gasteiger partial charge in [0.2, 0.25) is 11.8 Å². The second-order valence-electron chi connectivity index (χ2n) is 6.73. The van der Waals surface area contributed by atoms with Crippen LogP contribution in [0.25, 0.3) is 0 Å². The average molecular weight is 401 g/mol. The van der Waals surface area contributed by atoms with Crippen LogP contribution in [0.5, 0.6) is 0 Å². The molecule has 1 fully saturated rings. The molecule has 4 amide bonds. The second-order valence-corrected chi connectivity index (χ2v) is 6.73. The van der Waals surface area contributed by atoms with Gasteiger partial charge in [-0.2, -0.15) is 0 Å². The molecule has 7 nitrogen and oxygen atoms in total. The van der Waals surface area contributed by atoms with E-state index in [4.69, 9.17) is 0 Å². The van der Waals surface area contributed by atoms with Gasteiger partial charge >= 0.3 is 6.03 Å². The Morgan fingerprint density at radius 1 is 1.07 bits per heavy atom. The maximum atomic E-state index is 12.6. The summed E-state index contributed by atoms with van der Waals surface area (Å²) in [6, 6.07) is 14.6. The average Bonchev–Trinajstić information content (AvgIpc) is 3.00. The number of rotatable bonds is 4. The SMILES string of the molecule is Cl.O=C(Nc1cccc(CN2C(=O)CNC2=O)c1)C1Cc2ccccc2CN1. The normalized spacial score (nSPS) is 18.1. The largest absolute Gasteiger partial charge is 0.329 e. The highest BCUT2D eigenvalue weighted by atomic mass is 35.5. The zero-order chi connectivity index (χ0) is 18.8. The minimum Gasteiger partial charge on any atom is -0.329 e. The van der Waals surface area contributed by atoms with Crippen LogP contribution in [-0.2, 0) is 29.1 Å². The van der Waals surface area contributed by atoms with Crippen LogP contribution < -0.4 is 16.0 Å². The van der Waals surface area contributed by atoms with Crippen molar-refractivity contribution in [3.8, 4) is 0 Å². The minimum atomic E-state index is -0.389. The fourth-order valence-corrected chi connectivity index (χ4v) is 3.41. The first kappa shape index (κ1) is 19.9. The Balaban J connectivity index is 0.00000225. The number of carbonyl (C=O) groups excluding carboxylic acids is 3. The lowest BCUT2D eigenvalue weighted by Gasteiger charge is -2.25. The zero-order valence-corrected chi connectivity index (χ0v) is 15.9. The Labute approximate surface area is 168 Å². The van der Waals surface area contributed by atoms with Gasteiger partial charge in [-0.3, -0.25) is 14.5 Å². The predicted octanol–water partition coefficient (Wildman–Crippen LogP) is 1.81. The molecule has 3 N–H and O–H groups in total. The van der Waals surface area contributed by atoms with Crippen LogP contribution in [0.15, 0.2) is 48.5 Å². The molecule has 0 radical (unpaired) electrons. The summed E-state index contributed by atoms with van der Waals surface area (Å²) in [5.74, 6) is -0.351. The summed E-state index contributed by atoms with van der Waals surface area (Å²) in [6.45, 7) is 0.883. The van der Waals surface area contributed by atoms with E-state index in [0.717, 1.165) is 5.56 Å². The van der Waals surface area contributed by atoms with Gasteiger partial charge < -0.3 is 16.0 Å². The van der Waals surface area contributed by atoms with E-state index in [9.17, 15) is 14.4 Å². The summed E-state index contributed by atoms with van der Waals surface area (Å²) in [5.41, 5.74) is 3.83. The fraction of sp³-hybridized carbons (Fsp3) is 0.250. The molecule has 2 aromatic carbocycles. The molecule has 28 heavy (non-hydrogen) atoms. The topological polar surface area (TPSA) is 90.5 Å². The molecule has 2 aliphatic rings. The standard InChI is InChI=1S/C20H20N4O3.ClH/c25-18-11-22-20(27)24(18)12-13-4-3-7-16(8-13)23-19(26)17-9-14-5-1-2-6-15(14)10-21-17;/h1-8,17,21H,9-12H2,(H,22,27)(H,23,26);1H. The van der Waals surface area contributed by atoms with Gasteiger partial charge in [0.15, 0.2) is 0 Å². The third-order valence-electron chi connectivity index (χ3n) is 4.87. The summed E-state index contributed by atoms with van der Waals surface area (Å²) in [4.78, 5) is 37.2.